The lowest BCUT2D eigenvalue weighted by Gasteiger charge is -2.18. The summed E-state index contributed by atoms with van der Waals surface area (Å²) in [5.74, 6) is 1.11. The largest absolute Gasteiger partial charge is 0.294 e. The summed E-state index contributed by atoms with van der Waals surface area (Å²) in [6, 6.07) is 36.8. The number of aryl methyl sites for hydroxylation is 2. The molecule has 1 aliphatic heterocycles. The number of hydrogen-bond donors (Lipinski definition) is 0. The van der Waals surface area contributed by atoms with Crippen LogP contribution in [-0.4, -0.2) is 11.5 Å². The van der Waals surface area contributed by atoms with E-state index >= 15 is 0 Å². The molecule has 0 atom stereocenters. The molecule has 0 spiro atoms. The van der Waals surface area contributed by atoms with Crippen LogP contribution >= 0.6 is 34.7 Å². The zero-order chi connectivity index (χ0) is 36.4. The number of carbonyl (C=O) groups is 1. The standard InChI is InChI=1S/C20H22.C17H16OS.C9H7ClOS/c1-20(2,3)19-15-13-18(14-16-19)12-8-7-11-17-9-5-4-6-10-17;1-3-11-9-12(4-2)17-14(10-11)16(18)13-7-5-6-8-15(13)19-17;10-6-1-2-9-7(5-6)8(11)3-4-12-9/h4-16H,1-3H3;5-10H,3-4H2,1-2H3;1-2,5H,3-4H2/b11-7+,12-8+;;. The lowest BCUT2D eigenvalue weighted by molar-refractivity contribution is 0.0984. The summed E-state index contributed by atoms with van der Waals surface area (Å²) in [5.41, 5.74) is 7.56. The van der Waals surface area contributed by atoms with Crippen molar-refractivity contribution in [1.29, 1.82) is 0 Å². The van der Waals surface area contributed by atoms with E-state index in [1.165, 1.54) is 27.8 Å². The van der Waals surface area contributed by atoms with Gasteiger partial charge in [0.1, 0.15) is 0 Å². The monoisotopic (exact) mass is 728 g/mol. The Bertz CT molecular complexity index is 2220. The SMILES string of the molecule is CC(C)(C)c1ccc(/C=C/C=C/c2ccccc2)cc1.CCc1cc(CC)c2sc3ccccc3c(=O)c2c1.O=C1CCSc2ccc(Cl)cc21. The third-order valence-corrected chi connectivity index (χ3v) is 11.3. The quantitative estimate of drug-likeness (QED) is 0.131. The van der Waals surface area contributed by atoms with Gasteiger partial charge in [0.25, 0.3) is 0 Å². The Labute approximate surface area is 315 Å². The second-order valence-electron chi connectivity index (χ2n) is 13.4. The molecule has 5 aromatic carbocycles. The van der Waals surface area contributed by atoms with Crippen molar-refractivity contribution in [2.45, 2.75) is 64.2 Å². The Morgan fingerprint density at radius 1 is 0.725 bits per heavy atom. The summed E-state index contributed by atoms with van der Waals surface area (Å²) in [4.78, 5) is 25.1. The number of allylic oxidation sites excluding steroid dienone is 2. The lowest BCUT2D eigenvalue weighted by atomic mass is 9.87. The van der Waals surface area contributed by atoms with Gasteiger partial charge in [-0.2, -0.15) is 0 Å². The van der Waals surface area contributed by atoms with Crippen molar-refractivity contribution in [3.8, 4) is 0 Å². The van der Waals surface area contributed by atoms with E-state index in [4.69, 9.17) is 11.6 Å². The van der Waals surface area contributed by atoms with Crippen molar-refractivity contribution in [2.75, 3.05) is 5.75 Å². The maximum absolute atomic E-state index is 12.6. The van der Waals surface area contributed by atoms with Crippen LogP contribution in [0.3, 0.4) is 0 Å². The summed E-state index contributed by atoms with van der Waals surface area (Å²) < 4.78 is 2.24. The van der Waals surface area contributed by atoms with Gasteiger partial charge in [-0.15, -0.1) is 23.1 Å². The molecule has 5 heteroatoms. The molecule has 0 amide bonds. The van der Waals surface area contributed by atoms with Crippen molar-refractivity contribution in [1.82, 2.24) is 0 Å². The van der Waals surface area contributed by atoms with E-state index in [1.807, 2.05) is 42.5 Å². The second kappa shape index (κ2) is 17.8. The molecule has 2 nitrogen and oxygen atoms in total. The summed E-state index contributed by atoms with van der Waals surface area (Å²) >= 11 is 9.24. The van der Waals surface area contributed by atoms with Crippen LogP contribution < -0.4 is 5.43 Å². The second-order valence-corrected chi connectivity index (χ2v) is 16.1. The number of Topliss-reactive ketones (excluding diaryl/α,β-unsaturated/α-hetero) is 1. The molecule has 1 aromatic heterocycles. The first-order chi connectivity index (χ1) is 24.6. The fourth-order valence-corrected chi connectivity index (χ4v) is 8.14. The maximum Gasteiger partial charge on any atom is 0.195 e. The van der Waals surface area contributed by atoms with E-state index in [-0.39, 0.29) is 16.6 Å². The topological polar surface area (TPSA) is 34.1 Å². The number of thioether (sulfide) groups is 1. The molecule has 0 saturated heterocycles. The summed E-state index contributed by atoms with van der Waals surface area (Å²) in [6.07, 6.45) is 11.0. The Morgan fingerprint density at radius 3 is 2.06 bits per heavy atom. The van der Waals surface area contributed by atoms with E-state index in [2.05, 4.69) is 120 Å². The van der Waals surface area contributed by atoms with Crippen LogP contribution in [-0.2, 0) is 18.3 Å². The minimum absolute atomic E-state index is 0.175. The van der Waals surface area contributed by atoms with Gasteiger partial charge in [0.15, 0.2) is 11.2 Å². The molecule has 51 heavy (non-hydrogen) atoms. The predicted molar refractivity (Wildman–Crippen MR) is 225 cm³/mol. The van der Waals surface area contributed by atoms with Crippen LogP contribution in [0.1, 0.15) is 79.2 Å². The minimum atomic E-state index is 0.175. The molecule has 0 saturated carbocycles. The molecule has 2 heterocycles. The smallest absolute Gasteiger partial charge is 0.195 e. The molecule has 0 unspecified atom stereocenters. The predicted octanol–water partition coefficient (Wildman–Crippen LogP) is 13.3. The average molecular weight is 729 g/mol. The molecular weight excluding hydrogens is 684 g/mol. The number of carbonyl (C=O) groups excluding carboxylic acids is 1. The zero-order valence-corrected chi connectivity index (χ0v) is 32.4. The van der Waals surface area contributed by atoms with Gasteiger partial charge in [-0.1, -0.05) is 143 Å². The number of rotatable bonds is 5. The van der Waals surface area contributed by atoms with Crippen molar-refractivity contribution in [3.63, 3.8) is 0 Å². The van der Waals surface area contributed by atoms with E-state index in [0.29, 0.717) is 11.4 Å². The summed E-state index contributed by atoms with van der Waals surface area (Å²) in [7, 11) is 0. The first-order valence-electron chi connectivity index (χ1n) is 17.5. The molecule has 6 aromatic rings. The highest BCUT2D eigenvalue weighted by atomic mass is 35.5. The molecule has 0 radical (unpaired) electrons. The summed E-state index contributed by atoms with van der Waals surface area (Å²) in [5, 5.41) is 2.37. The molecule has 0 N–H and O–H groups in total. The van der Waals surface area contributed by atoms with E-state index in [9.17, 15) is 9.59 Å². The number of benzene rings is 5. The van der Waals surface area contributed by atoms with Gasteiger partial charge in [-0.05, 0) is 82.5 Å². The van der Waals surface area contributed by atoms with Gasteiger partial charge in [0, 0.05) is 47.8 Å². The van der Waals surface area contributed by atoms with Crippen molar-refractivity contribution in [3.05, 3.63) is 170 Å². The van der Waals surface area contributed by atoms with Crippen LogP contribution in [0.2, 0.25) is 5.02 Å². The summed E-state index contributed by atoms with van der Waals surface area (Å²) in [6.45, 7) is 11.0. The zero-order valence-electron chi connectivity index (χ0n) is 30.0. The Hall–Kier alpha value is -4.22. The molecular formula is C46H45ClO2S2. The molecule has 0 fully saturated rings. The highest BCUT2D eigenvalue weighted by molar-refractivity contribution is 7.99. The van der Waals surface area contributed by atoms with Gasteiger partial charge in [0.05, 0.1) is 0 Å². The van der Waals surface area contributed by atoms with Crippen LogP contribution in [0.4, 0.5) is 0 Å². The fourth-order valence-electron chi connectivity index (χ4n) is 5.74. The first kappa shape index (κ1) is 38.0. The fraction of sp³-hybridized carbons (Fsp3) is 0.217. The van der Waals surface area contributed by atoms with Gasteiger partial charge >= 0.3 is 0 Å². The minimum Gasteiger partial charge on any atom is -0.294 e. The van der Waals surface area contributed by atoms with Gasteiger partial charge < -0.3 is 0 Å². The van der Waals surface area contributed by atoms with Crippen LogP contribution in [0.25, 0.3) is 32.3 Å². The van der Waals surface area contributed by atoms with Crippen molar-refractivity contribution in [2.24, 2.45) is 0 Å². The Kier molecular flexibility index (Phi) is 13.3. The van der Waals surface area contributed by atoms with E-state index in [1.54, 1.807) is 29.2 Å². The van der Waals surface area contributed by atoms with Crippen LogP contribution in [0.5, 0.6) is 0 Å². The van der Waals surface area contributed by atoms with Gasteiger partial charge in [-0.3, -0.25) is 9.59 Å². The highest BCUT2D eigenvalue weighted by Crippen LogP contribution is 2.32. The number of ketones is 1. The third-order valence-electron chi connectivity index (χ3n) is 8.70. The van der Waals surface area contributed by atoms with Crippen molar-refractivity contribution < 1.29 is 4.79 Å². The number of fused-ring (bicyclic) bond motifs is 3. The molecule has 0 aliphatic carbocycles. The van der Waals surface area contributed by atoms with Gasteiger partial charge in [0.2, 0.25) is 0 Å². The van der Waals surface area contributed by atoms with Gasteiger partial charge in [-0.25, -0.2) is 0 Å². The number of hydrogen-bond acceptors (Lipinski definition) is 4. The lowest BCUT2D eigenvalue weighted by Crippen LogP contribution is -2.10. The van der Waals surface area contributed by atoms with E-state index < -0.39 is 0 Å². The molecule has 1 aliphatic rings. The first-order valence-corrected chi connectivity index (χ1v) is 19.7. The average Bonchev–Trinajstić information content (AvgIpc) is 3.14. The maximum atomic E-state index is 12.6. The van der Waals surface area contributed by atoms with Crippen molar-refractivity contribution >= 4 is 72.8 Å². The number of halogens is 1. The highest BCUT2D eigenvalue weighted by Gasteiger charge is 2.17. The molecule has 260 valence electrons. The Morgan fingerprint density at radius 2 is 1.39 bits per heavy atom. The molecule has 0 bridgehead atoms. The van der Waals surface area contributed by atoms with E-state index in [0.717, 1.165) is 49.2 Å². The van der Waals surface area contributed by atoms with Crippen LogP contribution in [0.15, 0.2) is 131 Å². The normalized spacial score (nSPS) is 12.8. The Balaban J connectivity index is 0.000000153. The third kappa shape index (κ3) is 10.2. The molecule has 7 rings (SSSR count). The van der Waals surface area contributed by atoms with Crippen LogP contribution in [0, 0.1) is 0 Å².